The minimum Gasteiger partial charge on any atom is -0.350 e. The molecule has 0 heterocycles. The van der Waals surface area contributed by atoms with Crippen LogP contribution in [0.15, 0.2) is 30.3 Å². The second-order valence-corrected chi connectivity index (χ2v) is 4.36. The fourth-order valence-electron chi connectivity index (χ4n) is 2.39. The molecule has 2 amide bonds. The van der Waals surface area contributed by atoms with Gasteiger partial charge in [-0.2, -0.15) is 0 Å². The lowest BCUT2D eigenvalue weighted by molar-refractivity contribution is -0.123. The number of hydrogen-bond donors (Lipinski definition) is 2. The monoisotopic (exact) mass is 220 g/mol. The van der Waals surface area contributed by atoms with E-state index in [0.717, 1.165) is 6.42 Å². The van der Waals surface area contributed by atoms with Crippen molar-refractivity contribution in [1.82, 2.24) is 5.06 Å². The van der Waals surface area contributed by atoms with E-state index in [4.69, 9.17) is 5.73 Å². The Bertz CT molecular complexity index is 380. The molecule has 3 N–H and O–H groups in total. The van der Waals surface area contributed by atoms with Gasteiger partial charge in [-0.3, -0.25) is 5.21 Å². The van der Waals surface area contributed by atoms with Crippen LogP contribution >= 0.6 is 0 Å². The summed E-state index contributed by atoms with van der Waals surface area (Å²) in [6, 6.07) is 9.20. The van der Waals surface area contributed by atoms with Gasteiger partial charge in [-0.15, -0.1) is 0 Å². The summed E-state index contributed by atoms with van der Waals surface area (Å²) in [5.41, 5.74) is 6.28. The molecular formula is C12H16N2O2. The lowest BCUT2D eigenvalue weighted by Crippen LogP contribution is -2.52. The van der Waals surface area contributed by atoms with Crippen LogP contribution in [0.4, 0.5) is 4.79 Å². The van der Waals surface area contributed by atoms with E-state index in [1.54, 1.807) is 0 Å². The number of carbonyl (C=O) groups excluding carboxylic acids is 1. The molecule has 0 aliphatic heterocycles. The van der Waals surface area contributed by atoms with Crippen LogP contribution in [-0.4, -0.2) is 22.3 Å². The van der Waals surface area contributed by atoms with Gasteiger partial charge in [-0.1, -0.05) is 37.3 Å². The zero-order valence-electron chi connectivity index (χ0n) is 9.21. The Balaban J connectivity index is 2.03. The standard InChI is InChI=1S/C12H16N2O2/c1-8-10(9-5-3-2-4-6-9)7-11(8)14(16)12(13)15/h2-6,8,10-11,16H,7H2,1H3,(H2,13,15)/t8-,10-,11+/m1/s1. The van der Waals surface area contributed by atoms with Crippen LogP contribution in [0.3, 0.4) is 0 Å². The summed E-state index contributed by atoms with van der Waals surface area (Å²) in [5.74, 6) is 0.639. The molecule has 2 rings (SSSR count). The van der Waals surface area contributed by atoms with Gasteiger partial charge < -0.3 is 5.73 Å². The molecule has 1 saturated carbocycles. The summed E-state index contributed by atoms with van der Waals surface area (Å²) in [7, 11) is 0. The van der Waals surface area contributed by atoms with Crippen molar-refractivity contribution >= 4 is 6.03 Å². The third kappa shape index (κ3) is 1.76. The number of nitrogens with two attached hydrogens (primary N) is 1. The van der Waals surface area contributed by atoms with Crippen molar-refractivity contribution in [2.24, 2.45) is 11.7 Å². The number of carbonyl (C=O) groups is 1. The molecule has 0 saturated heterocycles. The van der Waals surface area contributed by atoms with Gasteiger partial charge in [0.25, 0.3) is 0 Å². The van der Waals surface area contributed by atoms with E-state index in [1.165, 1.54) is 5.56 Å². The van der Waals surface area contributed by atoms with Crippen molar-refractivity contribution in [1.29, 1.82) is 0 Å². The molecular weight excluding hydrogens is 204 g/mol. The molecule has 0 bridgehead atoms. The molecule has 1 aliphatic rings. The van der Waals surface area contributed by atoms with Crippen LogP contribution in [0.25, 0.3) is 0 Å². The Morgan fingerprint density at radius 1 is 1.44 bits per heavy atom. The molecule has 1 aromatic rings. The van der Waals surface area contributed by atoms with Crippen LogP contribution < -0.4 is 5.73 Å². The fraction of sp³-hybridized carbons (Fsp3) is 0.417. The summed E-state index contributed by atoms with van der Waals surface area (Å²) < 4.78 is 0. The zero-order chi connectivity index (χ0) is 11.7. The average molecular weight is 220 g/mol. The first kappa shape index (κ1) is 11.0. The van der Waals surface area contributed by atoms with E-state index in [1.807, 2.05) is 25.1 Å². The Hall–Kier alpha value is -1.55. The predicted octanol–water partition coefficient (Wildman–Crippen LogP) is 1.95. The van der Waals surface area contributed by atoms with Gasteiger partial charge in [0.2, 0.25) is 0 Å². The van der Waals surface area contributed by atoms with Crippen LogP contribution in [0, 0.1) is 5.92 Å². The first-order valence-corrected chi connectivity index (χ1v) is 5.43. The van der Waals surface area contributed by atoms with Gasteiger partial charge >= 0.3 is 6.03 Å². The van der Waals surface area contributed by atoms with Crippen LogP contribution in [-0.2, 0) is 0 Å². The Labute approximate surface area is 94.6 Å². The second kappa shape index (κ2) is 4.14. The van der Waals surface area contributed by atoms with Crippen molar-refractivity contribution in [2.75, 3.05) is 0 Å². The first-order valence-electron chi connectivity index (χ1n) is 5.43. The SMILES string of the molecule is C[C@@H]1[C@H](c2ccccc2)C[C@@H]1N(O)C(N)=O. The van der Waals surface area contributed by atoms with Gasteiger partial charge in [0, 0.05) is 0 Å². The quantitative estimate of drug-likeness (QED) is 0.591. The number of amides is 2. The first-order chi connectivity index (χ1) is 7.61. The summed E-state index contributed by atoms with van der Waals surface area (Å²) in [4.78, 5) is 10.8. The predicted molar refractivity (Wildman–Crippen MR) is 60.0 cm³/mol. The van der Waals surface area contributed by atoms with E-state index in [-0.39, 0.29) is 12.0 Å². The Morgan fingerprint density at radius 2 is 2.06 bits per heavy atom. The van der Waals surface area contributed by atoms with E-state index >= 15 is 0 Å². The minimum absolute atomic E-state index is 0.150. The lowest BCUT2D eigenvalue weighted by Gasteiger charge is -2.45. The highest BCUT2D eigenvalue weighted by Gasteiger charge is 2.43. The fourth-order valence-corrected chi connectivity index (χ4v) is 2.39. The number of nitrogens with zero attached hydrogens (tertiary/aromatic N) is 1. The molecule has 1 fully saturated rings. The topological polar surface area (TPSA) is 66.6 Å². The normalized spacial score (nSPS) is 28.2. The number of rotatable bonds is 2. The van der Waals surface area contributed by atoms with Crippen LogP contribution in [0.1, 0.15) is 24.8 Å². The minimum atomic E-state index is -0.775. The number of hydroxylamine groups is 2. The number of benzene rings is 1. The smallest absolute Gasteiger partial charge is 0.338 e. The zero-order valence-corrected chi connectivity index (χ0v) is 9.21. The van der Waals surface area contributed by atoms with E-state index in [2.05, 4.69) is 12.1 Å². The number of primary amides is 1. The molecule has 1 aliphatic carbocycles. The third-order valence-corrected chi connectivity index (χ3v) is 3.50. The molecule has 1 aromatic carbocycles. The van der Waals surface area contributed by atoms with Crippen molar-refractivity contribution in [2.45, 2.75) is 25.3 Å². The van der Waals surface area contributed by atoms with Gasteiger partial charge in [-0.05, 0) is 23.8 Å². The Kier molecular flexibility index (Phi) is 2.83. The summed E-state index contributed by atoms with van der Waals surface area (Å²) in [6.45, 7) is 2.03. The maximum absolute atomic E-state index is 10.8. The van der Waals surface area contributed by atoms with Gasteiger partial charge in [0.1, 0.15) is 0 Å². The third-order valence-electron chi connectivity index (χ3n) is 3.50. The van der Waals surface area contributed by atoms with E-state index < -0.39 is 6.03 Å². The summed E-state index contributed by atoms with van der Waals surface area (Å²) >= 11 is 0. The number of hydrogen-bond acceptors (Lipinski definition) is 2. The van der Waals surface area contributed by atoms with Crippen molar-refractivity contribution < 1.29 is 10.0 Å². The van der Waals surface area contributed by atoms with E-state index in [0.29, 0.717) is 11.0 Å². The molecule has 3 atom stereocenters. The van der Waals surface area contributed by atoms with Gasteiger partial charge in [-0.25, -0.2) is 9.86 Å². The highest BCUT2D eigenvalue weighted by Crippen LogP contribution is 2.44. The maximum atomic E-state index is 10.8. The van der Waals surface area contributed by atoms with Crippen molar-refractivity contribution in [3.8, 4) is 0 Å². The molecule has 4 nitrogen and oxygen atoms in total. The van der Waals surface area contributed by atoms with Gasteiger partial charge in [0.05, 0.1) is 6.04 Å². The molecule has 16 heavy (non-hydrogen) atoms. The summed E-state index contributed by atoms with van der Waals surface area (Å²) in [5, 5.41) is 10.1. The van der Waals surface area contributed by atoms with Gasteiger partial charge in [0.15, 0.2) is 0 Å². The second-order valence-electron chi connectivity index (χ2n) is 4.36. The maximum Gasteiger partial charge on any atom is 0.338 e. The highest BCUT2D eigenvalue weighted by atomic mass is 16.5. The largest absolute Gasteiger partial charge is 0.350 e. The number of urea groups is 1. The van der Waals surface area contributed by atoms with E-state index in [9.17, 15) is 10.0 Å². The molecule has 4 heteroatoms. The van der Waals surface area contributed by atoms with Crippen LogP contribution in [0.5, 0.6) is 0 Å². The highest BCUT2D eigenvalue weighted by molar-refractivity contribution is 5.71. The Morgan fingerprint density at radius 3 is 2.56 bits per heavy atom. The molecule has 0 spiro atoms. The van der Waals surface area contributed by atoms with Crippen molar-refractivity contribution in [3.05, 3.63) is 35.9 Å². The molecule has 0 aromatic heterocycles. The summed E-state index contributed by atoms with van der Waals surface area (Å²) in [6.07, 6.45) is 0.768. The molecule has 0 unspecified atom stereocenters. The lowest BCUT2D eigenvalue weighted by atomic mass is 9.67. The molecule has 86 valence electrons. The molecule has 0 radical (unpaired) electrons. The van der Waals surface area contributed by atoms with Crippen molar-refractivity contribution in [3.63, 3.8) is 0 Å². The van der Waals surface area contributed by atoms with Crippen LogP contribution in [0.2, 0.25) is 0 Å². The average Bonchev–Trinajstić information content (AvgIpc) is 2.28.